The Morgan fingerprint density at radius 3 is 2.83 bits per heavy atom. The number of thiophene rings is 1. The van der Waals surface area contributed by atoms with E-state index in [0.717, 1.165) is 45.0 Å². The van der Waals surface area contributed by atoms with Crippen molar-refractivity contribution < 1.29 is 0 Å². The first-order chi connectivity index (χ1) is 10.7. The van der Waals surface area contributed by atoms with E-state index in [1.165, 1.54) is 5.56 Å². The lowest BCUT2D eigenvalue weighted by molar-refractivity contribution is 0.225. The van der Waals surface area contributed by atoms with Gasteiger partial charge in [0.25, 0.3) is 0 Å². The number of aliphatic imine (C=N–C) groups is 1. The van der Waals surface area contributed by atoms with Crippen LogP contribution in [0.3, 0.4) is 0 Å². The Hall–Kier alpha value is -0.600. The molecule has 1 aromatic heterocycles. The van der Waals surface area contributed by atoms with Gasteiger partial charge >= 0.3 is 0 Å². The first-order valence-corrected chi connectivity index (χ1v) is 8.99. The molecule has 6 heteroatoms. The highest BCUT2D eigenvalue weighted by Gasteiger charge is 2.19. The highest BCUT2D eigenvalue weighted by Crippen LogP contribution is 2.17. The number of halogens is 1. The van der Waals surface area contributed by atoms with Crippen LogP contribution in [0.25, 0.3) is 0 Å². The van der Waals surface area contributed by atoms with E-state index >= 15 is 0 Å². The van der Waals surface area contributed by atoms with Crippen LogP contribution in [0.5, 0.6) is 0 Å². The molecular formula is C17H29IN4S. The molecule has 0 bridgehead atoms. The maximum Gasteiger partial charge on any atom is 0.191 e. The van der Waals surface area contributed by atoms with Gasteiger partial charge in [-0.05, 0) is 41.1 Å². The van der Waals surface area contributed by atoms with Gasteiger partial charge in [-0.15, -0.1) is 30.6 Å². The average Bonchev–Trinajstić information content (AvgIpc) is 3.07. The van der Waals surface area contributed by atoms with Crippen molar-refractivity contribution in [3.05, 3.63) is 35.0 Å². The smallest absolute Gasteiger partial charge is 0.191 e. The van der Waals surface area contributed by atoms with Crippen molar-refractivity contribution in [1.29, 1.82) is 0 Å². The van der Waals surface area contributed by atoms with Crippen LogP contribution >= 0.6 is 35.3 Å². The minimum absolute atomic E-state index is 0. The van der Waals surface area contributed by atoms with E-state index in [-0.39, 0.29) is 24.0 Å². The SMILES string of the molecule is C=CCN1CCC(NC(=NC)NCC(C)c2ccsc2)CC1.I. The zero-order chi connectivity index (χ0) is 15.8. The number of hydrogen-bond acceptors (Lipinski definition) is 3. The summed E-state index contributed by atoms with van der Waals surface area (Å²) in [6.45, 7) is 10.2. The van der Waals surface area contributed by atoms with Crippen LogP contribution in [0.2, 0.25) is 0 Å². The van der Waals surface area contributed by atoms with Gasteiger partial charge in [-0.25, -0.2) is 0 Å². The van der Waals surface area contributed by atoms with E-state index in [0.29, 0.717) is 12.0 Å². The maximum atomic E-state index is 4.36. The number of hydrogen-bond donors (Lipinski definition) is 2. The number of rotatable bonds is 6. The minimum Gasteiger partial charge on any atom is -0.356 e. The summed E-state index contributed by atoms with van der Waals surface area (Å²) in [5, 5.41) is 11.4. The summed E-state index contributed by atoms with van der Waals surface area (Å²) in [5.41, 5.74) is 1.39. The van der Waals surface area contributed by atoms with Crippen LogP contribution in [-0.2, 0) is 0 Å². The van der Waals surface area contributed by atoms with Crippen LogP contribution < -0.4 is 10.6 Å². The summed E-state index contributed by atoms with van der Waals surface area (Å²) >= 11 is 1.76. The van der Waals surface area contributed by atoms with Crippen molar-refractivity contribution in [3.8, 4) is 0 Å². The fourth-order valence-electron chi connectivity index (χ4n) is 2.75. The summed E-state index contributed by atoms with van der Waals surface area (Å²) in [6, 6.07) is 2.71. The summed E-state index contributed by atoms with van der Waals surface area (Å²) in [4.78, 5) is 6.80. The van der Waals surface area contributed by atoms with Crippen molar-refractivity contribution in [2.75, 3.05) is 33.2 Å². The molecule has 0 aliphatic carbocycles. The van der Waals surface area contributed by atoms with Gasteiger partial charge in [-0.1, -0.05) is 13.0 Å². The van der Waals surface area contributed by atoms with Gasteiger partial charge in [0.15, 0.2) is 5.96 Å². The second kappa shape index (κ2) is 11.0. The number of nitrogens with zero attached hydrogens (tertiary/aromatic N) is 2. The van der Waals surface area contributed by atoms with E-state index in [1.807, 2.05) is 13.1 Å². The van der Waals surface area contributed by atoms with E-state index in [1.54, 1.807) is 11.3 Å². The van der Waals surface area contributed by atoms with Crippen molar-refractivity contribution in [1.82, 2.24) is 15.5 Å². The molecule has 1 fully saturated rings. The van der Waals surface area contributed by atoms with Gasteiger partial charge in [0.2, 0.25) is 0 Å². The largest absolute Gasteiger partial charge is 0.356 e. The fraction of sp³-hybridized carbons (Fsp3) is 0.588. The maximum absolute atomic E-state index is 4.36. The van der Waals surface area contributed by atoms with Gasteiger partial charge in [0.1, 0.15) is 0 Å². The molecule has 0 radical (unpaired) electrons. The molecule has 2 N–H and O–H groups in total. The van der Waals surface area contributed by atoms with Crippen molar-refractivity contribution in [3.63, 3.8) is 0 Å². The number of likely N-dealkylation sites (tertiary alicyclic amines) is 1. The first-order valence-electron chi connectivity index (χ1n) is 8.05. The average molecular weight is 448 g/mol. The monoisotopic (exact) mass is 448 g/mol. The zero-order valence-corrected chi connectivity index (χ0v) is 17.3. The number of guanidine groups is 1. The molecule has 1 saturated heterocycles. The Labute approximate surface area is 161 Å². The summed E-state index contributed by atoms with van der Waals surface area (Å²) in [7, 11) is 1.84. The predicted molar refractivity (Wildman–Crippen MR) is 112 cm³/mol. The second-order valence-electron chi connectivity index (χ2n) is 5.92. The molecule has 0 saturated carbocycles. The fourth-order valence-corrected chi connectivity index (χ4v) is 3.54. The Bertz CT molecular complexity index is 467. The Morgan fingerprint density at radius 2 is 2.26 bits per heavy atom. The highest BCUT2D eigenvalue weighted by molar-refractivity contribution is 14.0. The van der Waals surface area contributed by atoms with Gasteiger partial charge in [0, 0.05) is 39.3 Å². The van der Waals surface area contributed by atoms with Gasteiger partial charge in [-0.3, -0.25) is 9.89 Å². The number of nitrogens with one attached hydrogen (secondary N) is 2. The lowest BCUT2D eigenvalue weighted by Crippen LogP contribution is -2.49. The van der Waals surface area contributed by atoms with E-state index in [2.05, 4.69) is 50.9 Å². The van der Waals surface area contributed by atoms with E-state index in [9.17, 15) is 0 Å². The van der Waals surface area contributed by atoms with Crippen LogP contribution in [0, 0.1) is 0 Å². The molecule has 1 atom stereocenters. The molecule has 0 amide bonds. The van der Waals surface area contributed by atoms with Crippen molar-refractivity contribution in [2.24, 2.45) is 4.99 Å². The Morgan fingerprint density at radius 1 is 1.52 bits per heavy atom. The molecule has 1 aliphatic heterocycles. The standard InChI is InChI=1S/C17H28N4S.HI/c1-4-8-21-9-5-16(6-10-21)20-17(18-3)19-12-14(2)15-7-11-22-13-15;/h4,7,11,13-14,16H,1,5-6,8-10,12H2,2-3H3,(H2,18,19,20);1H. The highest BCUT2D eigenvalue weighted by atomic mass is 127. The third-order valence-corrected chi connectivity index (χ3v) is 4.93. The third-order valence-electron chi connectivity index (χ3n) is 4.23. The molecule has 0 aromatic carbocycles. The first kappa shape index (κ1) is 20.4. The quantitative estimate of drug-likeness (QED) is 0.304. The van der Waals surface area contributed by atoms with E-state index in [4.69, 9.17) is 0 Å². The molecule has 130 valence electrons. The molecule has 1 aliphatic rings. The summed E-state index contributed by atoms with van der Waals surface area (Å²) in [5.74, 6) is 1.42. The van der Waals surface area contributed by atoms with Crippen LogP contribution in [-0.4, -0.2) is 50.1 Å². The zero-order valence-electron chi connectivity index (χ0n) is 14.1. The summed E-state index contributed by atoms with van der Waals surface area (Å²) < 4.78 is 0. The Kier molecular flexibility index (Phi) is 9.81. The third kappa shape index (κ3) is 6.81. The minimum atomic E-state index is 0. The van der Waals surface area contributed by atoms with Crippen molar-refractivity contribution in [2.45, 2.75) is 31.7 Å². The van der Waals surface area contributed by atoms with Crippen LogP contribution in [0.1, 0.15) is 31.2 Å². The number of piperidine rings is 1. The second-order valence-corrected chi connectivity index (χ2v) is 6.70. The molecule has 2 rings (SSSR count). The molecule has 1 aromatic rings. The topological polar surface area (TPSA) is 39.7 Å². The van der Waals surface area contributed by atoms with Gasteiger partial charge in [-0.2, -0.15) is 11.3 Å². The van der Waals surface area contributed by atoms with Crippen molar-refractivity contribution >= 4 is 41.3 Å². The molecule has 23 heavy (non-hydrogen) atoms. The van der Waals surface area contributed by atoms with Gasteiger partial charge in [0.05, 0.1) is 0 Å². The molecule has 2 heterocycles. The lowest BCUT2D eigenvalue weighted by atomic mass is 10.0. The van der Waals surface area contributed by atoms with Crippen LogP contribution in [0.4, 0.5) is 0 Å². The van der Waals surface area contributed by atoms with E-state index < -0.39 is 0 Å². The predicted octanol–water partition coefficient (Wildman–Crippen LogP) is 3.29. The molecule has 1 unspecified atom stereocenters. The Balaban J connectivity index is 0.00000264. The lowest BCUT2D eigenvalue weighted by Gasteiger charge is -2.32. The van der Waals surface area contributed by atoms with Crippen LogP contribution in [0.15, 0.2) is 34.5 Å². The van der Waals surface area contributed by atoms with Gasteiger partial charge < -0.3 is 10.6 Å². The normalized spacial score (nSPS) is 18.1. The molecule has 0 spiro atoms. The molecular weight excluding hydrogens is 419 g/mol. The molecule has 4 nitrogen and oxygen atoms in total. The summed E-state index contributed by atoms with van der Waals surface area (Å²) in [6.07, 6.45) is 4.31.